The van der Waals surface area contributed by atoms with Gasteiger partial charge in [-0.2, -0.15) is 5.10 Å². The van der Waals surface area contributed by atoms with E-state index in [1.165, 1.54) is 4.68 Å². The van der Waals surface area contributed by atoms with Crippen LogP contribution >= 0.6 is 0 Å². The second kappa shape index (κ2) is 4.82. The van der Waals surface area contributed by atoms with Crippen molar-refractivity contribution in [2.45, 2.75) is 19.4 Å². The Morgan fingerprint density at radius 3 is 2.65 bits per heavy atom. The number of carboxylic acid groups (broad SMARTS) is 1. The molecule has 2 rings (SSSR count). The highest BCUT2D eigenvalue weighted by Crippen LogP contribution is 2.20. The van der Waals surface area contributed by atoms with Gasteiger partial charge in [-0.25, -0.2) is 4.79 Å². The minimum atomic E-state index is -0.852. The Labute approximate surface area is 99.5 Å². The molecule has 4 nitrogen and oxygen atoms in total. The Balaban J connectivity index is 2.30. The summed E-state index contributed by atoms with van der Waals surface area (Å²) >= 11 is 0. The Morgan fingerprint density at radius 1 is 1.35 bits per heavy atom. The average Bonchev–Trinajstić information content (AvgIpc) is 2.80. The summed E-state index contributed by atoms with van der Waals surface area (Å²) in [7, 11) is 0. The highest BCUT2D eigenvalue weighted by molar-refractivity contribution is 5.72. The van der Waals surface area contributed by atoms with Gasteiger partial charge < -0.3 is 5.11 Å². The zero-order valence-corrected chi connectivity index (χ0v) is 9.58. The molecule has 1 aromatic carbocycles. The number of carbonyl (C=O) groups is 1. The van der Waals surface area contributed by atoms with Gasteiger partial charge in [0, 0.05) is 11.8 Å². The van der Waals surface area contributed by atoms with E-state index in [0.717, 1.165) is 11.1 Å². The second-order valence-electron chi connectivity index (χ2n) is 3.84. The van der Waals surface area contributed by atoms with Crippen molar-refractivity contribution in [3.8, 4) is 11.1 Å². The van der Waals surface area contributed by atoms with Crippen LogP contribution in [-0.2, 0) is 4.79 Å². The van der Waals surface area contributed by atoms with Crippen molar-refractivity contribution in [1.29, 1.82) is 0 Å². The van der Waals surface area contributed by atoms with Crippen LogP contribution in [0, 0.1) is 0 Å². The van der Waals surface area contributed by atoms with Crippen molar-refractivity contribution >= 4 is 5.97 Å². The quantitative estimate of drug-likeness (QED) is 0.878. The van der Waals surface area contributed by atoms with Gasteiger partial charge >= 0.3 is 5.97 Å². The molecule has 0 aliphatic rings. The van der Waals surface area contributed by atoms with Crippen LogP contribution in [0.3, 0.4) is 0 Å². The number of benzene rings is 1. The first kappa shape index (κ1) is 11.4. The van der Waals surface area contributed by atoms with Crippen LogP contribution in [0.15, 0.2) is 42.7 Å². The van der Waals surface area contributed by atoms with E-state index in [1.54, 1.807) is 12.4 Å². The molecule has 0 saturated carbocycles. The fourth-order valence-electron chi connectivity index (χ4n) is 1.76. The SMILES string of the molecule is CCC(C(=O)O)n1cc(-c2ccccc2)cn1. The number of carboxylic acids is 1. The van der Waals surface area contributed by atoms with Gasteiger partial charge in [0.05, 0.1) is 6.20 Å². The van der Waals surface area contributed by atoms with Crippen molar-refractivity contribution in [3.05, 3.63) is 42.7 Å². The van der Waals surface area contributed by atoms with E-state index in [9.17, 15) is 4.79 Å². The molecule has 1 heterocycles. The molecule has 0 aliphatic carbocycles. The Bertz CT molecular complexity index is 505. The maximum Gasteiger partial charge on any atom is 0.328 e. The zero-order chi connectivity index (χ0) is 12.3. The molecule has 1 N–H and O–H groups in total. The van der Waals surface area contributed by atoms with Gasteiger partial charge in [0.1, 0.15) is 6.04 Å². The molecule has 1 unspecified atom stereocenters. The monoisotopic (exact) mass is 230 g/mol. The Hall–Kier alpha value is -2.10. The number of rotatable bonds is 4. The minimum absolute atomic E-state index is 0.519. The third-order valence-electron chi connectivity index (χ3n) is 2.70. The molecule has 4 heteroatoms. The zero-order valence-electron chi connectivity index (χ0n) is 9.58. The average molecular weight is 230 g/mol. The first-order chi connectivity index (χ1) is 8.22. The molecule has 0 amide bonds. The molecule has 0 spiro atoms. The lowest BCUT2D eigenvalue weighted by atomic mass is 10.1. The van der Waals surface area contributed by atoms with Crippen LogP contribution in [-0.4, -0.2) is 20.9 Å². The lowest BCUT2D eigenvalue weighted by molar-refractivity contribution is -0.141. The van der Waals surface area contributed by atoms with E-state index in [0.29, 0.717) is 6.42 Å². The van der Waals surface area contributed by atoms with E-state index >= 15 is 0 Å². The third-order valence-corrected chi connectivity index (χ3v) is 2.70. The molecule has 0 fully saturated rings. The number of nitrogens with zero attached hydrogens (tertiary/aromatic N) is 2. The van der Waals surface area contributed by atoms with E-state index in [2.05, 4.69) is 5.10 Å². The van der Waals surface area contributed by atoms with Crippen LogP contribution in [0.25, 0.3) is 11.1 Å². The van der Waals surface area contributed by atoms with Crippen molar-refractivity contribution in [1.82, 2.24) is 9.78 Å². The van der Waals surface area contributed by atoms with Crippen molar-refractivity contribution in [3.63, 3.8) is 0 Å². The van der Waals surface area contributed by atoms with Crippen molar-refractivity contribution < 1.29 is 9.90 Å². The summed E-state index contributed by atoms with van der Waals surface area (Å²) in [6.07, 6.45) is 3.99. The predicted octanol–water partition coefficient (Wildman–Crippen LogP) is 2.59. The largest absolute Gasteiger partial charge is 0.480 e. The maximum absolute atomic E-state index is 11.0. The van der Waals surface area contributed by atoms with Crippen molar-refractivity contribution in [2.24, 2.45) is 0 Å². The standard InChI is InChI=1S/C13H14N2O2/c1-2-12(13(16)17)15-9-11(8-14-15)10-6-4-3-5-7-10/h3-9,12H,2H2,1H3,(H,16,17). The second-order valence-corrected chi connectivity index (χ2v) is 3.84. The molecule has 0 aliphatic heterocycles. The maximum atomic E-state index is 11.0. The van der Waals surface area contributed by atoms with E-state index in [-0.39, 0.29) is 0 Å². The molecule has 1 atom stereocenters. The van der Waals surface area contributed by atoms with Crippen LogP contribution < -0.4 is 0 Å². The Kier molecular flexibility index (Phi) is 3.23. The molecule has 2 aromatic rings. The number of hydrogen-bond donors (Lipinski definition) is 1. The van der Waals surface area contributed by atoms with Crippen LogP contribution in [0.4, 0.5) is 0 Å². The third kappa shape index (κ3) is 2.36. The van der Waals surface area contributed by atoms with Crippen LogP contribution in [0.2, 0.25) is 0 Å². The molecule has 88 valence electrons. The number of aromatic nitrogens is 2. The summed E-state index contributed by atoms with van der Waals surface area (Å²) < 4.78 is 1.50. The topological polar surface area (TPSA) is 55.1 Å². The molecule has 0 radical (unpaired) electrons. The molecular formula is C13H14N2O2. The van der Waals surface area contributed by atoms with Crippen LogP contribution in [0.5, 0.6) is 0 Å². The first-order valence-electron chi connectivity index (χ1n) is 5.54. The molecule has 0 bridgehead atoms. The summed E-state index contributed by atoms with van der Waals surface area (Å²) in [5.74, 6) is -0.852. The van der Waals surface area contributed by atoms with Crippen LogP contribution in [0.1, 0.15) is 19.4 Å². The smallest absolute Gasteiger partial charge is 0.328 e. The van der Waals surface area contributed by atoms with E-state index < -0.39 is 12.0 Å². The summed E-state index contributed by atoms with van der Waals surface area (Å²) in [6, 6.07) is 9.20. The normalized spacial score (nSPS) is 12.3. The molecular weight excluding hydrogens is 216 g/mol. The lowest BCUT2D eigenvalue weighted by Gasteiger charge is -2.09. The van der Waals surface area contributed by atoms with Gasteiger partial charge in [-0.1, -0.05) is 37.3 Å². The fraction of sp³-hybridized carbons (Fsp3) is 0.231. The van der Waals surface area contributed by atoms with Gasteiger partial charge in [0.25, 0.3) is 0 Å². The van der Waals surface area contributed by atoms with Gasteiger partial charge in [-0.15, -0.1) is 0 Å². The summed E-state index contributed by atoms with van der Waals surface area (Å²) in [6.45, 7) is 1.84. The number of aliphatic carboxylic acids is 1. The molecule has 1 aromatic heterocycles. The predicted molar refractivity (Wildman–Crippen MR) is 64.6 cm³/mol. The van der Waals surface area contributed by atoms with E-state index in [1.807, 2.05) is 37.3 Å². The van der Waals surface area contributed by atoms with Gasteiger partial charge in [0.15, 0.2) is 0 Å². The summed E-state index contributed by atoms with van der Waals surface area (Å²) in [5.41, 5.74) is 1.98. The highest BCUT2D eigenvalue weighted by atomic mass is 16.4. The molecule has 0 saturated heterocycles. The first-order valence-corrected chi connectivity index (χ1v) is 5.54. The molecule has 17 heavy (non-hydrogen) atoms. The van der Waals surface area contributed by atoms with Gasteiger partial charge in [-0.05, 0) is 12.0 Å². The van der Waals surface area contributed by atoms with E-state index in [4.69, 9.17) is 5.11 Å². The Morgan fingerprint density at radius 2 is 2.06 bits per heavy atom. The van der Waals surface area contributed by atoms with Crippen molar-refractivity contribution in [2.75, 3.05) is 0 Å². The minimum Gasteiger partial charge on any atom is -0.480 e. The van der Waals surface area contributed by atoms with Gasteiger partial charge in [0.2, 0.25) is 0 Å². The number of hydrogen-bond acceptors (Lipinski definition) is 2. The summed E-state index contributed by atoms with van der Waals surface area (Å²) in [4.78, 5) is 11.0. The lowest BCUT2D eigenvalue weighted by Crippen LogP contribution is -2.18. The fourth-order valence-corrected chi connectivity index (χ4v) is 1.76. The summed E-state index contributed by atoms with van der Waals surface area (Å²) in [5, 5.41) is 13.2. The van der Waals surface area contributed by atoms with Gasteiger partial charge in [-0.3, -0.25) is 4.68 Å². The highest BCUT2D eigenvalue weighted by Gasteiger charge is 2.18.